The van der Waals surface area contributed by atoms with E-state index in [4.69, 9.17) is 4.98 Å². The maximum Gasteiger partial charge on any atom is 0.265 e. The van der Waals surface area contributed by atoms with E-state index in [1.807, 2.05) is 25.1 Å². The first-order valence-electron chi connectivity index (χ1n) is 12.9. The number of halogens is 2. The number of imidazole rings is 1. The van der Waals surface area contributed by atoms with E-state index in [2.05, 4.69) is 14.6 Å². The number of pyridine rings is 1. The van der Waals surface area contributed by atoms with Crippen molar-refractivity contribution >= 4 is 16.8 Å². The third kappa shape index (κ3) is 3.91. The smallest absolute Gasteiger partial charge is 0.265 e. The molecule has 0 bridgehead atoms. The number of nitrogens with zero attached hydrogens (tertiary/aromatic N) is 6. The van der Waals surface area contributed by atoms with Crippen molar-refractivity contribution in [1.29, 1.82) is 0 Å². The fourth-order valence-electron chi connectivity index (χ4n) is 6.02. The molecule has 1 aliphatic heterocycles. The zero-order valence-corrected chi connectivity index (χ0v) is 21.3. The topological polar surface area (TPSA) is 68.8 Å². The molecule has 1 aromatic carbocycles. The highest BCUT2D eigenvalue weighted by Crippen LogP contribution is 2.42. The lowest BCUT2D eigenvalue weighted by atomic mass is 9.88. The van der Waals surface area contributed by atoms with Crippen molar-refractivity contribution in [2.75, 3.05) is 7.05 Å². The van der Waals surface area contributed by atoms with E-state index >= 15 is 0 Å². The standard InChI is InChI=1S/C28H30F2N6O/c1-16-28(37)34(2)15-23-25(33-27(36(16)23)17-8-5-4-6-9-17)19-10-7-11-22-20(19)12-21(26(29)30)24(32-22)18-13-31-35(3)14-18/h7,10-14,16-17,26H,4-6,8-9,15H2,1-3H3. The van der Waals surface area contributed by atoms with Crippen LogP contribution < -0.4 is 0 Å². The molecule has 1 saturated carbocycles. The SMILES string of the molecule is CC1C(=O)N(C)Cc2c(-c3cccc4nc(-c5cnn(C)c5)c(C(F)F)cc34)nc(C3CCCCC3)n21. The van der Waals surface area contributed by atoms with Gasteiger partial charge >= 0.3 is 0 Å². The Hall–Kier alpha value is -3.62. The van der Waals surface area contributed by atoms with Crippen molar-refractivity contribution in [3.05, 3.63) is 53.7 Å². The van der Waals surface area contributed by atoms with E-state index in [1.165, 1.54) is 6.42 Å². The van der Waals surface area contributed by atoms with Crippen LogP contribution in [0.2, 0.25) is 0 Å². The van der Waals surface area contributed by atoms with Crippen LogP contribution in [0.5, 0.6) is 0 Å². The van der Waals surface area contributed by atoms with Crippen molar-refractivity contribution in [3.63, 3.8) is 0 Å². The number of aromatic nitrogens is 5. The Balaban J connectivity index is 1.58. The zero-order valence-electron chi connectivity index (χ0n) is 21.3. The van der Waals surface area contributed by atoms with Gasteiger partial charge in [-0.3, -0.25) is 9.48 Å². The normalized spacial score (nSPS) is 18.7. The minimum Gasteiger partial charge on any atom is -0.338 e. The average molecular weight is 505 g/mol. The molecule has 1 aliphatic carbocycles. The average Bonchev–Trinajstić information content (AvgIpc) is 3.50. The van der Waals surface area contributed by atoms with Crippen LogP contribution in [0.4, 0.5) is 8.78 Å². The molecule has 0 N–H and O–H groups in total. The van der Waals surface area contributed by atoms with Crippen molar-refractivity contribution in [2.24, 2.45) is 7.05 Å². The second-order valence-corrected chi connectivity index (χ2v) is 10.3. The molecule has 1 fully saturated rings. The molecular formula is C28H30F2N6O. The number of benzene rings is 1. The number of amides is 1. The number of carbonyl (C=O) groups excluding carboxylic acids is 1. The molecule has 0 radical (unpaired) electrons. The summed E-state index contributed by atoms with van der Waals surface area (Å²) in [5.74, 6) is 1.31. The molecule has 1 atom stereocenters. The van der Waals surface area contributed by atoms with E-state index in [1.54, 1.807) is 42.1 Å². The van der Waals surface area contributed by atoms with Gasteiger partial charge < -0.3 is 9.47 Å². The van der Waals surface area contributed by atoms with Crippen LogP contribution in [-0.4, -0.2) is 42.2 Å². The maximum atomic E-state index is 14.3. The van der Waals surface area contributed by atoms with Crippen LogP contribution in [-0.2, 0) is 18.4 Å². The van der Waals surface area contributed by atoms with Gasteiger partial charge in [-0.15, -0.1) is 0 Å². The van der Waals surface area contributed by atoms with Crippen LogP contribution in [0, 0.1) is 0 Å². The van der Waals surface area contributed by atoms with Gasteiger partial charge in [0.05, 0.1) is 35.3 Å². The summed E-state index contributed by atoms with van der Waals surface area (Å²) >= 11 is 0. The number of hydrogen-bond donors (Lipinski definition) is 0. The second-order valence-electron chi connectivity index (χ2n) is 10.3. The van der Waals surface area contributed by atoms with Crippen LogP contribution in [0.3, 0.4) is 0 Å². The molecule has 3 aromatic heterocycles. The van der Waals surface area contributed by atoms with Gasteiger partial charge in [0.25, 0.3) is 6.43 Å². The number of carbonyl (C=O) groups is 1. The van der Waals surface area contributed by atoms with E-state index in [-0.39, 0.29) is 23.2 Å². The summed E-state index contributed by atoms with van der Waals surface area (Å²) in [5, 5.41) is 4.77. The first-order valence-corrected chi connectivity index (χ1v) is 12.9. The lowest BCUT2D eigenvalue weighted by Crippen LogP contribution is -2.39. The zero-order chi connectivity index (χ0) is 25.8. The Morgan fingerprint density at radius 3 is 2.54 bits per heavy atom. The predicted octanol–water partition coefficient (Wildman–Crippen LogP) is 6.02. The van der Waals surface area contributed by atoms with Crippen LogP contribution in [0.15, 0.2) is 36.7 Å². The largest absolute Gasteiger partial charge is 0.338 e. The van der Waals surface area contributed by atoms with Gasteiger partial charge in [0.15, 0.2) is 0 Å². The Kier molecular flexibility index (Phi) is 5.81. The summed E-state index contributed by atoms with van der Waals surface area (Å²) in [5.41, 5.74) is 3.76. The lowest BCUT2D eigenvalue weighted by molar-refractivity contribution is -0.135. The van der Waals surface area contributed by atoms with Crippen molar-refractivity contribution in [1.82, 2.24) is 29.2 Å². The molecule has 0 saturated heterocycles. The summed E-state index contributed by atoms with van der Waals surface area (Å²) in [4.78, 5) is 24.5. The van der Waals surface area contributed by atoms with Gasteiger partial charge in [-0.05, 0) is 31.9 Å². The highest BCUT2D eigenvalue weighted by atomic mass is 19.3. The predicted molar refractivity (Wildman–Crippen MR) is 137 cm³/mol. The van der Waals surface area contributed by atoms with Gasteiger partial charge in [-0.25, -0.2) is 18.7 Å². The molecule has 37 heavy (non-hydrogen) atoms. The number of fused-ring (bicyclic) bond motifs is 2. The van der Waals surface area contributed by atoms with Gasteiger partial charge in [0.1, 0.15) is 11.9 Å². The number of hydrogen-bond acceptors (Lipinski definition) is 4. The Bertz CT molecular complexity index is 1500. The number of aryl methyl sites for hydroxylation is 1. The summed E-state index contributed by atoms with van der Waals surface area (Å²) in [6.07, 6.45) is 6.17. The molecule has 4 heterocycles. The Morgan fingerprint density at radius 1 is 1.05 bits per heavy atom. The van der Waals surface area contributed by atoms with Crippen molar-refractivity contribution in [2.45, 2.75) is 64.0 Å². The minimum atomic E-state index is -2.70. The molecule has 7 nitrogen and oxygen atoms in total. The molecule has 0 spiro atoms. The van der Waals surface area contributed by atoms with Gasteiger partial charge in [0.2, 0.25) is 5.91 Å². The van der Waals surface area contributed by atoms with Gasteiger partial charge in [-0.1, -0.05) is 31.4 Å². The van der Waals surface area contributed by atoms with Crippen LogP contribution in [0.1, 0.15) is 74.5 Å². The summed E-state index contributed by atoms with van der Waals surface area (Å²) in [6, 6.07) is 6.87. The highest BCUT2D eigenvalue weighted by Gasteiger charge is 2.36. The second kappa shape index (κ2) is 9.04. The highest BCUT2D eigenvalue weighted by molar-refractivity contribution is 5.96. The van der Waals surface area contributed by atoms with E-state index in [9.17, 15) is 13.6 Å². The third-order valence-corrected chi connectivity index (χ3v) is 7.87. The van der Waals surface area contributed by atoms with Crippen LogP contribution in [0.25, 0.3) is 33.4 Å². The molecule has 1 amide bonds. The summed E-state index contributed by atoms with van der Waals surface area (Å²) in [7, 11) is 3.55. The maximum absolute atomic E-state index is 14.3. The first-order chi connectivity index (χ1) is 17.8. The molecule has 1 unspecified atom stereocenters. The van der Waals surface area contributed by atoms with Crippen molar-refractivity contribution in [3.8, 4) is 22.5 Å². The van der Waals surface area contributed by atoms with Gasteiger partial charge in [0, 0.05) is 48.3 Å². The van der Waals surface area contributed by atoms with E-state index in [0.29, 0.717) is 28.9 Å². The number of likely N-dealkylation sites (N-methyl/N-ethyl adjacent to an activating group) is 1. The Labute approximate surface area is 214 Å². The molecule has 4 aromatic rings. The Morgan fingerprint density at radius 2 is 1.84 bits per heavy atom. The first kappa shape index (κ1) is 23.8. The minimum absolute atomic E-state index is 0.0641. The molecule has 6 rings (SSSR count). The molecular weight excluding hydrogens is 474 g/mol. The molecule has 192 valence electrons. The van der Waals surface area contributed by atoms with Crippen molar-refractivity contribution < 1.29 is 13.6 Å². The monoisotopic (exact) mass is 504 g/mol. The fraction of sp³-hybridized carbons (Fsp3) is 0.429. The third-order valence-electron chi connectivity index (χ3n) is 7.87. The summed E-state index contributed by atoms with van der Waals surface area (Å²) < 4.78 is 32.3. The van der Waals surface area contributed by atoms with E-state index < -0.39 is 6.43 Å². The number of rotatable bonds is 4. The molecule has 9 heteroatoms. The molecule has 2 aliphatic rings. The fourth-order valence-corrected chi connectivity index (χ4v) is 6.02. The quantitative estimate of drug-likeness (QED) is 0.341. The van der Waals surface area contributed by atoms with E-state index in [0.717, 1.165) is 48.5 Å². The van der Waals surface area contributed by atoms with Gasteiger partial charge in [-0.2, -0.15) is 5.10 Å². The summed E-state index contributed by atoms with van der Waals surface area (Å²) in [6.45, 7) is 2.36. The number of alkyl halides is 2. The van der Waals surface area contributed by atoms with Crippen LogP contribution >= 0.6 is 0 Å². The lowest BCUT2D eigenvalue weighted by Gasteiger charge is -2.32.